The molecule has 2 aromatic rings. The molecule has 0 bridgehead atoms. The highest BCUT2D eigenvalue weighted by Gasteiger charge is 2.14. The minimum Gasteiger partial charge on any atom is -0.353 e. The van der Waals surface area contributed by atoms with Gasteiger partial charge in [-0.25, -0.2) is 4.68 Å². The van der Waals surface area contributed by atoms with E-state index in [0.29, 0.717) is 16.0 Å². The van der Waals surface area contributed by atoms with Crippen LogP contribution in [-0.2, 0) is 4.79 Å². The Hall–Kier alpha value is -1.73. The van der Waals surface area contributed by atoms with E-state index in [0.717, 1.165) is 12.0 Å². The van der Waals surface area contributed by atoms with Crippen molar-refractivity contribution in [2.75, 3.05) is 11.6 Å². The van der Waals surface area contributed by atoms with E-state index >= 15 is 0 Å². The van der Waals surface area contributed by atoms with E-state index in [1.54, 1.807) is 12.1 Å². The molecule has 0 saturated heterocycles. The van der Waals surface area contributed by atoms with Crippen LogP contribution >= 0.6 is 23.4 Å². The van der Waals surface area contributed by atoms with E-state index in [9.17, 15) is 4.79 Å². The summed E-state index contributed by atoms with van der Waals surface area (Å²) >= 11 is 7.21. The van der Waals surface area contributed by atoms with Crippen LogP contribution in [0.15, 0.2) is 29.4 Å². The Labute approximate surface area is 138 Å². The number of benzene rings is 1. The Morgan fingerprint density at radius 1 is 1.50 bits per heavy atom. The summed E-state index contributed by atoms with van der Waals surface area (Å²) in [5.41, 5.74) is 0.776. The maximum Gasteiger partial charge on any atom is 0.230 e. The second-order valence-electron chi connectivity index (χ2n) is 4.85. The van der Waals surface area contributed by atoms with Crippen molar-refractivity contribution in [3.8, 4) is 11.4 Å². The fourth-order valence-corrected chi connectivity index (χ4v) is 2.61. The van der Waals surface area contributed by atoms with Crippen LogP contribution in [0.2, 0.25) is 5.02 Å². The minimum atomic E-state index is -0.0494. The van der Waals surface area contributed by atoms with Crippen LogP contribution in [0.5, 0.6) is 0 Å². The van der Waals surface area contributed by atoms with Gasteiger partial charge in [0.25, 0.3) is 0 Å². The molecule has 0 spiro atoms. The number of carbonyl (C=O) groups excluding carboxylic acids is 1. The van der Waals surface area contributed by atoms with Gasteiger partial charge < -0.3 is 11.2 Å². The number of hydrogen-bond acceptors (Lipinski definition) is 5. The topological polar surface area (TPSA) is 85.8 Å². The molecule has 3 N–H and O–H groups in total. The Morgan fingerprint density at radius 2 is 2.27 bits per heavy atom. The molecule has 1 aromatic heterocycles. The van der Waals surface area contributed by atoms with Crippen molar-refractivity contribution in [3.05, 3.63) is 29.3 Å². The number of halogens is 1. The monoisotopic (exact) mass is 339 g/mol. The van der Waals surface area contributed by atoms with E-state index in [4.69, 9.17) is 17.4 Å². The highest BCUT2D eigenvalue weighted by atomic mass is 35.5. The lowest BCUT2D eigenvalue weighted by molar-refractivity contribution is -0.119. The van der Waals surface area contributed by atoms with Gasteiger partial charge in [-0.15, -0.1) is 10.2 Å². The molecule has 0 unspecified atom stereocenters. The van der Waals surface area contributed by atoms with E-state index in [1.807, 2.05) is 26.0 Å². The molecule has 0 radical (unpaired) electrons. The Kier molecular flexibility index (Phi) is 5.68. The van der Waals surface area contributed by atoms with E-state index in [1.165, 1.54) is 16.4 Å². The predicted molar refractivity (Wildman–Crippen MR) is 89.2 cm³/mol. The summed E-state index contributed by atoms with van der Waals surface area (Å²) in [5, 5.41) is 12.1. The highest BCUT2D eigenvalue weighted by Crippen LogP contribution is 2.23. The zero-order chi connectivity index (χ0) is 16.1. The van der Waals surface area contributed by atoms with Gasteiger partial charge in [0.2, 0.25) is 11.1 Å². The van der Waals surface area contributed by atoms with Gasteiger partial charge in [-0.3, -0.25) is 4.79 Å². The molecule has 1 atom stereocenters. The molecular formula is C14H18ClN5OS. The molecule has 22 heavy (non-hydrogen) atoms. The van der Waals surface area contributed by atoms with E-state index in [-0.39, 0.29) is 17.7 Å². The summed E-state index contributed by atoms with van der Waals surface area (Å²) in [4.78, 5) is 11.8. The van der Waals surface area contributed by atoms with Gasteiger partial charge >= 0.3 is 0 Å². The van der Waals surface area contributed by atoms with Crippen LogP contribution in [0.1, 0.15) is 20.3 Å². The molecule has 0 aliphatic heterocycles. The zero-order valence-corrected chi connectivity index (χ0v) is 14.0. The van der Waals surface area contributed by atoms with Gasteiger partial charge in [-0.05, 0) is 25.5 Å². The third-order valence-electron chi connectivity index (χ3n) is 3.10. The lowest BCUT2D eigenvalue weighted by atomic mass is 10.2. The lowest BCUT2D eigenvalue weighted by Crippen LogP contribution is -2.33. The molecule has 0 saturated carbocycles. The van der Waals surface area contributed by atoms with Crippen molar-refractivity contribution in [1.29, 1.82) is 0 Å². The average Bonchev–Trinajstić information content (AvgIpc) is 2.86. The normalized spacial score (nSPS) is 12.1. The molecule has 2 rings (SSSR count). The number of aromatic nitrogens is 3. The molecular weight excluding hydrogens is 322 g/mol. The van der Waals surface area contributed by atoms with Crippen molar-refractivity contribution >= 4 is 29.3 Å². The highest BCUT2D eigenvalue weighted by molar-refractivity contribution is 7.99. The Bertz CT molecular complexity index is 660. The average molecular weight is 340 g/mol. The standard InChI is InChI=1S/C14H18ClN5OS/c1-3-9(2)17-12(21)8-22-14-19-18-13(20(14)16)10-5-4-6-11(15)7-10/h4-7,9H,3,8,16H2,1-2H3,(H,17,21)/t9-/m1/s1. The van der Waals surface area contributed by atoms with Crippen molar-refractivity contribution in [2.45, 2.75) is 31.5 Å². The molecule has 1 aromatic carbocycles. The summed E-state index contributed by atoms with van der Waals surface area (Å²) in [7, 11) is 0. The maximum atomic E-state index is 11.8. The third-order valence-corrected chi connectivity index (χ3v) is 4.28. The first-order valence-electron chi connectivity index (χ1n) is 6.89. The molecule has 118 valence electrons. The predicted octanol–water partition coefficient (Wildman–Crippen LogP) is 2.32. The van der Waals surface area contributed by atoms with Crippen LogP contribution in [0.4, 0.5) is 0 Å². The van der Waals surface area contributed by atoms with Crippen LogP contribution in [0.3, 0.4) is 0 Å². The number of carbonyl (C=O) groups is 1. The van der Waals surface area contributed by atoms with Crippen molar-refractivity contribution in [1.82, 2.24) is 20.2 Å². The molecule has 1 heterocycles. The Balaban J connectivity index is 2.04. The summed E-state index contributed by atoms with van der Waals surface area (Å²) in [6.07, 6.45) is 0.891. The quantitative estimate of drug-likeness (QED) is 0.623. The van der Waals surface area contributed by atoms with Crippen molar-refractivity contribution in [2.24, 2.45) is 0 Å². The van der Waals surface area contributed by atoms with Crippen molar-refractivity contribution < 1.29 is 4.79 Å². The van der Waals surface area contributed by atoms with Gasteiger partial charge in [0, 0.05) is 16.6 Å². The number of hydrogen-bond donors (Lipinski definition) is 2. The smallest absolute Gasteiger partial charge is 0.230 e. The number of rotatable bonds is 6. The van der Waals surface area contributed by atoms with E-state index in [2.05, 4.69) is 15.5 Å². The second kappa shape index (κ2) is 7.51. The number of nitrogens with zero attached hydrogens (tertiary/aromatic N) is 3. The number of nitrogen functional groups attached to an aromatic ring is 1. The maximum absolute atomic E-state index is 11.8. The largest absolute Gasteiger partial charge is 0.353 e. The number of thioether (sulfide) groups is 1. The molecule has 0 fully saturated rings. The molecule has 0 aliphatic carbocycles. The number of nitrogens with one attached hydrogen (secondary N) is 1. The fourth-order valence-electron chi connectivity index (χ4n) is 1.75. The SMILES string of the molecule is CC[C@@H](C)NC(=O)CSc1nnc(-c2cccc(Cl)c2)n1N. The molecule has 0 aliphatic rings. The van der Waals surface area contributed by atoms with Gasteiger partial charge in [-0.2, -0.15) is 0 Å². The first-order chi connectivity index (χ1) is 10.5. The van der Waals surface area contributed by atoms with Crippen LogP contribution < -0.4 is 11.2 Å². The van der Waals surface area contributed by atoms with Crippen LogP contribution in [-0.4, -0.2) is 32.6 Å². The summed E-state index contributed by atoms with van der Waals surface area (Å²) in [5.74, 6) is 6.70. The van der Waals surface area contributed by atoms with Gasteiger partial charge in [0.05, 0.1) is 5.75 Å². The van der Waals surface area contributed by atoms with Gasteiger partial charge in [0.15, 0.2) is 5.82 Å². The number of nitrogens with two attached hydrogens (primary N) is 1. The lowest BCUT2D eigenvalue weighted by Gasteiger charge is -2.10. The number of amides is 1. The van der Waals surface area contributed by atoms with Gasteiger partial charge in [-0.1, -0.05) is 42.4 Å². The van der Waals surface area contributed by atoms with Gasteiger partial charge in [0.1, 0.15) is 0 Å². The van der Waals surface area contributed by atoms with Crippen LogP contribution in [0.25, 0.3) is 11.4 Å². The fraction of sp³-hybridized carbons (Fsp3) is 0.357. The molecule has 6 nitrogen and oxygen atoms in total. The summed E-state index contributed by atoms with van der Waals surface area (Å²) in [6.45, 7) is 3.98. The summed E-state index contributed by atoms with van der Waals surface area (Å²) in [6, 6.07) is 7.36. The third kappa shape index (κ3) is 4.14. The zero-order valence-electron chi connectivity index (χ0n) is 12.4. The van der Waals surface area contributed by atoms with E-state index < -0.39 is 0 Å². The second-order valence-corrected chi connectivity index (χ2v) is 6.23. The van der Waals surface area contributed by atoms with Crippen molar-refractivity contribution in [3.63, 3.8) is 0 Å². The minimum absolute atomic E-state index is 0.0494. The Morgan fingerprint density at radius 3 is 2.95 bits per heavy atom. The van der Waals surface area contributed by atoms with Crippen LogP contribution in [0, 0.1) is 0 Å². The summed E-state index contributed by atoms with van der Waals surface area (Å²) < 4.78 is 1.37. The molecule has 8 heteroatoms. The molecule has 1 amide bonds. The first kappa shape index (κ1) is 16.6. The first-order valence-corrected chi connectivity index (χ1v) is 8.26.